The largest absolute Gasteiger partial charge is 0.496 e. The molecule has 112 valence electrons. The molecule has 0 aromatic heterocycles. The molecule has 2 rings (SSSR count). The van der Waals surface area contributed by atoms with Crippen LogP contribution in [-0.4, -0.2) is 13.7 Å². The number of nitrogens with one attached hydrogen (secondary N) is 1. The van der Waals surface area contributed by atoms with Crippen molar-refractivity contribution in [2.45, 2.75) is 6.42 Å². The standard InChI is InChI=1S/C15H17ClFN3O/c1-21-12-5-3-2-4-9(12)6-7-20-15-11(19)8-10(18)13(16)14(15)17/h2-5,8,20H,6-7,18-19H2,1H3. The van der Waals surface area contributed by atoms with Gasteiger partial charge in [0.1, 0.15) is 10.8 Å². The highest BCUT2D eigenvalue weighted by atomic mass is 35.5. The fourth-order valence-electron chi connectivity index (χ4n) is 2.08. The molecule has 21 heavy (non-hydrogen) atoms. The lowest BCUT2D eigenvalue weighted by atomic mass is 10.1. The summed E-state index contributed by atoms with van der Waals surface area (Å²) in [4.78, 5) is 0. The number of anilines is 3. The molecular formula is C15H17ClFN3O. The summed E-state index contributed by atoms with van der Waals surface area (Å²) in [5, 5.41) is 2.83. The molecule has 0 amide bonds. The van der Waals surface area contributed by atoms with Gasteiger partial charge in [-0.3, -0.25) is 0 Å². The summed E-state index contributed by atoms with van der Waals surface area (Å²) in [7, 11) is 1.61. The van der Waals surface area contributed by atoms with Crippen LogP contribution in [0, 0.1) is 5.82 Å². The minimum Gasteiger partial charge on any atom is -0.496 e. The third-order valence-corrected chi connectivity index (χ3v) is 3.54. The first kappa shape index (κ1) is 15.3. The molecule has 0 unspecified atom stereocenters. The fraction of sp³-hybridized carbons (Fsp3) is 0.200. The molecule has 0 saturated carbocycles. The van der Waals surface area contributed by atoms with Gasteiger partial charge in [0.2, 0.25) is 0 Å². The van der Waals surface area contributed by atoms with E-state index in [1.54, 1.807) is 7.11 Å². The van der Waals surface area contributed by atoms with E-state index in [1.807, 2.05) is 24.3 Å². The van der Waals surface area contributed by atoms with E-state index in [1.165, 1.54) is 6.07 Å². The Kier molecular flexibility index (Phi) is 4.75. The molecule has 0 saturated heterocycles. The number of nitrogens with two attached hydrogens (primary N) is 2. The van der Waals surface area contributed by atoms with Gasteiger partial charge in [0.25, 0.3) is 0 Å². The van der Waals surface area contributed by atoms with Crippen LogP contribution in [0.2, 0.25) is 5.02 Å². The lowest BCUT2D eigenvalue weighted by molar-refractivity contribution is 0.410. The molecule has 0 heterocycles. The Bertz CT molecular complexity index is 649. The summed E-state index contributed by atoms with van der Waals surface area (Å²) in [5.74, 6) is 0.164. The summed E-state index contributed by atoms with van der Waals surface area (Å²) in [6, 6.07) is 9.09. The van der Waals surface area contributed by atoms with E-state index >= 15 is 0 Å². The van der Waals surface area contributed by atoms with Crippen molar-refractivity contribution in [1.29, 1.82) is 0 Å². The first-order valence-electron chi connectivity index (χ1n) is 6.43. The number of hydrogen-bond donors (Lipinski definition) is 3. The van der Waals surface area contributed by atoms with Crippen LogP contribution in [0.5, 0.6) is 5.75 Å². The van der Waals surface area contributed by atoms with Crippen LogP contribution in [0.15, 0.2) is 30.3 Å². The zero-order chi connectivity index (χ0) is 15.4. The Hall–Kier alpha value is -2.14. The van der Waals surface area contributed by atoms with Crippen LogP contribution < -0.4 is 21.5 Å². The number of halogens is 2. The second kappa shape index (κ2) is 6.54. The molecule has 0 aliphatic rings. The van der Waals surface area contributed by atoms with Gasteiger partial charge in [-0.15, -0.1) is 0 Å². The fourth-order valence-corrected chi connectivity index (χ4v) is 2.23. The molecule has 0 atom stereocenters. The van der Waals surface area contributed by atoms with E-state index in [4.69, 9.17) is 27.8 Å². The number of hydrogen-bond acceptors (Lipinski definition) is 4. The maximum absolute atomic E-state index is 14.0. The molecule has 0 spiro atoms. The molecule has 2 aromatic rings. The molecule has 0 aliphatic carbocycles. The number of rotatable bonds is 5. The minimum atomic E-state index is -0.630. The van der Waals surface area contributed by atoms with Gasteiger partial charge in [-0.2, -0.15) is 0 Å². The third kappa shape index (κ3) is 3.31. The van der Waals surface area contributed by atoms with Crippen LogP contribution in [0.4, 0.5) is 21.5 Å². The zero-order valence-corrected chi connectivity index (χ0v) is 12.4. The summed E-state index contributed by atoms with van der Waals surface area (Å²) in [5.41, 5.74) is 12.9. The molecule has 0 bridgehead atoms. The Morgan fingerprint density at radius 1 is 1.24 bits per heavy atom. The van der Waals surface area contributed by atoms with Crippen molar-refractivity contribution in [3.05, 3.63) is 46.7 Å². The van der Waals surface area contributed by atoms with E-state index in [-0.39, 0.29) is 22.1 Å². The third-order valence-electron chi connectivity index (χ3n) is 3.15. The molecule has 0 aliphatic heterocycles. The van der Waals surface area contributed by atoms with Crippen molar-refractivity contribution in [2.24, 2.45) is 0 Å². The average Bonchev–Trinajstić information content (AvgIpc) is 2.49. The van der Waals surface area contributed by atoms with Crippen LogP contribution in [0.25, 0.3) is 0 Å². The van der Waals surface area contributed by atoms with Gasteiger partial charge in [0, 0.05) is 6.54 Å². The lowest BCUT2D eigenvalue weighted by Crippen LogP contribution is -2.10. The van der Waals surface area contributed by atoms with Gasteiger partial charge in [-0.25, -0.2) is 4.39 Å². The molecule has 6 heteroatoms. The van der Waals surface area contributed by atoms with E-state index < -0.39 is 5.82 Å². The van der Waals surface area contributed by atoms with E-state index in [9.17, 15) is 4.39 Å². The van der Waals surface area contributed by atoms with Crippen molar-refractivity contribution >= 4 is 28.7 Å². The Balaban J connectivity index is 2.09. The number of methoxy groups -OCH3 is 1. The van der Waals surface area contributed by atoms with Gasteiger partial charge >= 0.3 is 0 Å². The van der Waals surface area contributed by atoms with Gasteiger partial charge in [0.05, 0.1) is 24.2 Å². The van der Waals surface area contributed by atoms with Crippen molar-refractivity contribution < 1.29 is 9.13 Å². The van der Waals surface area contributed by atoms with Gasteiger partial charge in [0.15, 0.2) is 5.82 Å². The minimum absolute atomic E-state index is 0.121. The second-order valence-corrected chi connectivity index (χ2v) is 4.92. The molecular weight excluding hydrogens is 293 g/mol. The molecule has 0 fully saturated rings. The van der Waals surface area contributed by atoms with Gasteiger partial charge in [-0.05, 0) is 24.1 Å². The summed E-state index contributed by atoms with van der Waals surface area (Å²) >= 11 is 5.78. The first-order chi connectivity index (χ1) is 10.0. The topological polar surface area (TPSA) is 73.3 Å². The predicted molar refractivity (Wildman–Crippen MR) is 85.4 cm³/mol. The Morgan fingerprint density at radius 3 is 2.67 bits per heavy atom. The lowest BCUT2D eigenvalue weighted by Gasteiger charge is -2.14. The molecule has 4 nitrogen and oxygen atoms in total. The first-order valence-corrected chi connectivity index (χ1v) is 6.81. The van der Waals surface area contributed by atoms with Crippen LogP contribution in [0.3, 0.4) is 0 Å². The normalized spacial score (nSPS) is 10.4. The zero-order valence-electron chi connectivity index (χ0n) is 11.6. The summed E-state index contributed by atoms with van der Waals surface area (Å²) < 4.78 is 19.3. The number of para-hydroxylation sites is 1. The average molecular weight is 310 g/mol. The monoisotopic (exact) mass is 309 g/mol. The molecule has 5 N–H and O–H groups in total. The quantitative estimate of drug-likeness (QED) is 0.741. The van der Waals surface area contributed by atoms with Crippen molar-refractivity contribution in [3.8, 4) is 5.75 Å². The summed E-state index contributed by atoms with van der Waals surface area (Å²) in [6.45, 7) is 0.488. The van der Waals surface area contributed by atoms with Crippen LogP contribution in [0.1, 0.15) is 5.56 Å². The molecule has 2 aromatic carbocycles. The van der Waals surface area contributed by atoms with Crippen molar-refractivity contribution in [1.82, 2.24) is 0 Å². The molecule has 0 radical (unpaired) electrons. The highest BCUT2D eigenvalue weighted by Crippen LogP contribution is 2.33. The smallest absolute Gasteiger partial charge is 0.169 e. The van der Waals surface area contributed by atoms with Gasteiger partial charge in [-0.1, -0.05) is 29.8 Å². The highest BCUT2D eigenvalue weighted by molar-refractivity contribution is 6.33. The van der Waals surface area contributed by atoms with E-state index in [0.717, 1.165) is 11.3 Å². The number of ether oxygens (including phenoxy) is 1. The Morgan fingerprint density at radius 2 is 1.95 bits per heavy atom. The van der Waals surface area contributed by atoms with Crippen LogP contribution in [-0.2, 0) is 6.42 Å². The van der Waals surface area contributed by atoms with Crippen LogP contribution >= 0.6 is 11.6 Å². The maximum atomic E-state index is 14.0. The SMILES string of the molecule is COc1ccccc1CCNc1c(N)cc(N)c(Cl)c1F. The predicted octanol–water partition coefficient (Wildman–Crippen LogP) is 3.31. The number of nitrogen functional groups attached to an aromatic ring is 2. The van der Waals surface area contributed by atoms with Gasteiger partial charge < -0.3 is 21.5 Å². The summed E-state index contributed by atoms with van der Waals surface area (Å²) in [6.07, 6.45) is 0.658. The second-order valence-electron chi connectivity index (χ2n) is 4.55. The maximum Gasteiger partial charge on any atom is 0.169 e. The van der Waals surface area contributed by atoms with Crippen molar-refractivity contribution in [3.63, 3.8) is 0 Å². The Labute approximate surface area is 127 Å². The highest BCUT2D eigenvalue weighted by Gasteiger charge is 2.14. The van der Waals surface area contributed by atoms with Crippen molar-refractivity contribution in [2.75, 3.05) is 30.4 Å². The number of benzene rings is 2. The van der Waals surface area contributed by atoms with E-state index in [0.29, 0.717) is 13.0 Å². The van der Waals surface area contributed by atoms with E-state index in [2.05, 4.69) is 5.32 Å².